The van der Waals surface area contributed by atoms with E-state index >= 15 is 0 Å². The van der Waals surface area contributed by atoms with Crippen LogP contribution in [0.25, 0.3) is 0 Å². The summed E-state index contributed by atoms with van der Waals surface area (Å²) in [5.74, 6) is 0.171. The number of ether oxygens (including phenoxy) is 2. The van der Waals surface area contributed by atoms with Crippen molar-refractivity contribution in [2.45, 2.75) is 25.4 Å². The smallest absolute Gasteiger partial charge is 0.311 e. The molecule has 6 heteroatoms. The molecular weight excluding hydrogens is 250 g/mol. The van der Waals surface area contributed by atoms with Crippen molar-refractivity contribution >= 4 is 12.0 Å². The van der Waals surface area contributed by atoms with E-state index in [0.717, 1.165) is 19.3 Å². The minimum Gasteiger partial charge on any atom is -0.484 e. The number of aldehydes is 1. The van der Waals surface area contributed by atoms with E-state index in [1.165, 1.54) is 18.2 Å². The zero-order valence-electron chi connectivity index (χ0n) is 10.4. The molecule has 1 unspecified atom stereocenters. The van der Waals surface area contributed by atoms with E-state index in [2.05, 4.69) is 0 Å². The Morgan fingerprint density at radius 2 is 2.32 bits per heavy atom. The van der Waals surface area contributed by atoms with Crippen LogP contribution in [0.3, 0.4) is 0 Å². The molecule has 1 aromatic rings. The van der Waals surface area contributed by atoms with E-state index in [9.17, 15) is 14.9 Å². The fourth-order valence-electron chi connectivity index (χ4n) is 1.99. The van der Waals surface area contributed by atoms with Crippen molar-refractivity contribution in [2.24, 2.45) is 0 Å². The summed E-state index contributed by atoms with van der Waals surface area (Å²) >= 11 is 0. The minimum atomic E-state index is -0.552. The van der Waals surface area contributed by atoms with Gasteiger partial charge in [0, 0.05) is 18.2 Å². The van der Waals surface area contributed by atoms with Crippen molar-refractivity contribution in [3.63, 3.8) is 0 Å². The van der Waals surface area contributed by atoms with Crippen LogP contribution >= 0.6 is 0 Å². The second kappa shape index (κ2) is 6.29. The number of nitro benzene ring substituents is 1. The minimum absolute atomic E-state index is 0.0147. The van der Waals surface area contributed by atoms with Gasteiger partial charge in [-0.3, -0.25) is 14.9 Å². The summed E-state index contributed by atoms with van der Waals surface area (Å²) in [6.45, 7) is 1.00. The van der Waals surface area contributed by atoms with E-state index in [0.29, 0.717) is 19.5 Å². The molecule has 19 heavy (non-hydrogen) atoms. The molecule has 1 aliphatic rings. The Kier molecular flexibility index (Phi) is 4.46. The molecule has 1 aromatic carbocycles. The Labute approximate surface area is 110 Å². The van der Waals surface area contributed by atoms with Gasteiger partial charge in [0.15, 0.2) is 5.75 Å². The molecule has 1 saturated heterocycles. The van der Waals surface area contributed by atoms with E-state index in [1.807, 2.05) is 0 Å². The van der Waals surface area contributed by atoms with Gasteiger partial charge in [-0.25, -0.2) is 0 Å². The van der Waals surface area contributed by atoms with E-state index < -0.39 is 4.92 Å². The summed E-state index contributed by atoms with van der Waals surface area (Å²) in [7, 11) is 0. The van der Waals surface area contributed by atoms with Gasteiger partial charge < -0.3 is 9.47 Å². The first-order valence-electron chi connectivity index (χ1n) is 6.18. The summed E-state index contributed by atoms with van der Waals surface area (Å²) < 4.78 is 10.9. The molecule has 0 bridgehead atoms. The summed E-state index contributed by atoms with van der Waals surface area (Å²) in [5, 5.41) is 10.9. The molecule has 0 N–H and O–H groups in total. The highest BCUT2D eigenvalue weighted by Crippen LogP contribution is 2.28. The lowest BCUT2D eigenvalue weighted by atomic mass is 10.1. The van der Waals surface area contributed by atoms with Crippen molar-refractivity contribution in [2.75, 3.05) is 13.2 Å². The highest BCUT2D eigenvalue weighted by molar-refractivity contribution is 5.77. The van der Waals surface area contributed by atoms with Crippen molar-refractivity contribution in [1.82, 2.24) is 0 Å². The van der Waals surface area contributed by atoms with Crippen LogP contribution in [0.15, 0.2) is 18.2 Å². The molecule has 0 saturated carbocycles. The van der Waals surface area contributed by atoms with E-state index in [-0.39, 0.29) is 23.1 Å². The molecule has 0 radical (unpaired) electrons. The first kappa shape index (κ1) is 13.5. The molecule has 1 heterocycles. The first-order chi connectivity index (χ1) is 9.20. The normalized spacial score (nSPS) is 18.8. The second-order valence-electron chi connectivity index (χ2n) is 4.40. The van der Waals surface area contributed by atoms with Gasteiger partial charge in [-0.1, -0.05) is 0 Å². The second-order valence-corrected chi connectivity index (χ2v) is 4.40. The van der Waals surface area contributed by atoms with Crippen LogP contribution in [0.1, 0.15) is 29.6 Å². The molecule has 1 atom stereocenters. The Bertz CT molecular complexity index is 468. The summed E-state index contributed by atoms with van der Waals surface area (Å²) in [5.41, 5.74) is 0.0633. The number of nitro groups is 1. The highest BCUT2D eigenvalue weighted by atomic mass is 16.6. The largest absolute Gasteiger partial charge is 0.484 e. The number of rotatable bonds is 5. The van der Waals surface area contributed by atoms with Gasteiger partial charge in [0.05, 0.1) is 11.0 Å². The number of benzene rings is 1. The Morgan fingerprint density at radius 1 is 1.47 bits per heavy atom. The highest BCUT2D eigenvalue weighted by Gasteiger charge is 2.19. The van der Waals surface area contributed by atoms with Gasteiger partial charge >= 0.3 is 5.69 Å². The SMILES string of the molecule is O=Cc1ccc(OCC2CCCCO2)c([N+](=O)[O-])c1. The van der Waals surface area contributed by atoms with Gasteiger partial charge in [-0.05, 0) is 31.4 Å². The Morgan fingerprint density at radius 3 is 2.95 bits per heavy atom. The Hall–Kier alpha value is -1.95. The van der Waals surface area contributed by atoms with Crippen LogP contribution in [0, 0.1) is 10.1 Å². The molecule has 6 nitrogen and oxygen atoms in total. The van der Waals surface area contributed by atoms with Crippen LogP contribution in [-0.4, -0.2) is 30.5 Å². The molecule has 102 valence electrons. The number of hydrogen-bond donors (Lipinski definition) is 0. The van der Waals surface area contributed by atoms with Crippen LogP contribution in [-0.2, 0) is 4.74 Å². The third-order valence-corrected chi connectivity index (χ3v) is 3.01. The molecule has 0 amide bonds. The predicted octanol–water partition coefficient (Wildman–Crippen LogP) is 2.36. The van der Waals surface area contributed by atoms with Gasteiger partial charge in [0.25, 0.3) is 0 Å². The maximum Gasteiger partial charge on any atom is 0.311 e. The van der Waals surface area contributed by atoms with E-state index in [1.54, 1.807) is 0 Å². The third-order valence-electron chi connectivity index (χ3n) is 3.01. The maximum absolute atomic E-state index is 10.9. The predicted molar refractivity (Wildman–Crippen MR) is 67.6 cm³/mol. The summed E-state index contributed by atoms with van der Waals surface area (Å²) in [6.07, 6.45) is 3.59. The van der Waals surface area contributed by atoms with Gasteiger partial charge in [-0.15, -0.1) is 0 Å². The van der Waals surface area contributed by atoms with Crippen LogP contribution in [0.4, 0.5) is 5.69 Å². The third kappa shape index (κ3) is 3.51. The fraction of sp³-hybridized carbons (Fsp3) is 0.462. The summed E-state index contributed by atoms with van der Waals surface area (Å²) in [6, 6.07) is 4.16. The van der Waals surface area contributed by atoms with Crippen molar-refractivity contribution < 1.29 is 19.2 Å². The standard InChI is InChI=1S/C13H15NO5/c15-8-10-4-5-13(12(7-10)14(16)17)19-9-11-3-1-2-6-18-11/h4-5,7-8,11H,1-3,6,9H2. The number of nitrogens with zero attached hydrogens (tertiary/aromatic N) is 1. The molecule has 0 aliphatic carbocycles. The average Bonchev–Trinajstić information content (AvgIpc) is 2.46. The van der Waals surface area contributed by atoms with Crippen LogP contribution < -0.4 is 4.74 Å². The lowest BCUT2D eigenvalue weighted by Gasteiger charge is -2.22. The van der Waals surface area contributed by atoms with Crippen molar-refractivity contribution in [1.29, 1.82) is 0 Å². The van der Waals surface area contributed by atoms with Crippen molar-refractivity contribution in [3.8, 4) is 5.75 Å². The molecule has 1 fully saturated rings. The van der Waals surface area contributed by atoms with Gasteiger partial charge in [0.2, 0.25) is 0 Å². The monoisotopic (exact) mass is 265 g/mol. The zero-order chi connectivity index (χ0) is 13.7. The number of hydrogen-bond acceptors (Lipinski definition) is 5. The van der Waals surface area contributed by atoms with Crippen LogP contribution in [0.5, 0.6) is 5.75 Å². The first-order valence-corrected chi connectivity index (χ1v) is 6.18. The quantitative estimate of drug-likeness (QED) is 0.464. The van der Waals surface area contributed by atoms with Gasteiger partial charge in [0.1, 0.15) is 12.9 Å². The van der Waals surface area contributed by atoms with E-state index in [4.69, 9.17) is 9.47 Å². The average molecular weight is 265 g/mol. The molecule has 0 spiro atoms. The number of carbonyl (C=O) groups excluding carboxylic acids is 1. The van der Waals surface area contributed by atoms with Crippen molar-refractivity contribution in [3.05, 3.63) is 33.9 Å². The number of carbonyl (C=O) groups is 1. The topological polar surface area (TPSA) is 78.7 Å². The molecule has 0 aromatic heterocycles. The fourth-order valence-corrected chi connectivity index (χ4v) is 1.99. The van der Waals surface area contributed by atoms with Crippen LogP contribution in [0.2, 0.25) is 0 Å². The maximum atomic E-state index is 10.9. The summed E-state index contributed by atoms with van der Waals surface area (Å²) in [4.78, 5) is 21.0. The lowest BCUT2D eigenvalue weighted by Crippen LogP contribution is -2.25. The molecular formula is C13H15NO5. The Balaban J connectivity index is 2.06. The van der Waals surface area contributed by atoms with Gasteiger partial charge in [-0.2, -0.15) is 0 Å². The lowest BCUT2D eigenvalue weighted by molar-refractivity contribution is -0.386. The molecule has 2 rings (SSSR count). The zero-order valence-corrected chi connectivity index (χ0v) is 10.4. The molecule has 1 aliphatic heterocycles.